The van der Waals surface area contributed by atoms with Crippen LogP contribution in [0.2, 0.25) is 5.02 Å². The summed E-state index contributed by atoms with van der Waals surface area (Å²) in [6.07, 6.45) is 4.07. The van der Waals surface area contributed by atoms with Crippen LogP contribution in [0.1, 0.15) is 36.0 Å². The highest BCUT2D eigenvalue weighted by atomic mass is 35.5. The Bertz CT molecular complexity index is 783. The molecule has 3 saturated heterocycles. The van der Waals surface area contributed by atoms with E-state index in [1.807, 2.05) is 4.90 Å². The van der Waals surface area contributed by atoms with Crippen LogP contribution in [0.5, 0.6) is 5.75 Å². The molecule has 0 radical (unpaired) electrons. The summed E-state index contributed by atoms with van der Waals surface area (Å²) in [5, 5.41) is 0.507. The first kappa shape index (κ1) is 22.4. The molecule has 0 saturated carbocycles. The monoisotopic (exact) mass is 449 g/mol. The molecule has 2 amide bonds. The van der Waals surface area contributed by atoms with Crippen LogP contribution in [-0.2, 0) is 9.53 Å². The largest absolute Gasteiger partial charge is 0.496 e. The fourth-order valence-electron chi connectivity index (χ4n) is 4.83. The number of benzene rings is 1. The maximum Gasteiger partial charge on any atom is 0.257 e. The molecule has 8 heteroatoms. The lowest BCUT2D eigenvalue weighted by atomic mass is 9.94. The third-order valence-corrected chi connectivity index (χ3v) is 6.93. The predicted molar refractivity (Wildman–Crippen MR) is 119 cm³/mol. The minimum atomic E-state index is -0.0898. The first-order chi connectivity index (χ1) is 15.0. The Kier molecular flexibility index (Phi) is 7.35. The molecule has 3 aliphatic rings. The van der Waals surface area contributed by atoms with Crippen LogP contribution in [0.15, 0.2) is 18.2 Å². The third-order valence-electron chi connectivity index (χ3n) is 6.69. The number of hydrogen-bond acceptors (Lipinski definition) is 5. The smallest absolute Gasteiger partial charge is 0.257 e. The van der Waals surface area contributed by atoms with E-state index in [1.54, 1.807) is 30.2 Å². The van der Waals surface area contributed by atoms with Gasteiger partial charge in [0.15, 0.2) is 0 Å². The van der Waals surface area contributed by atoms with E-state index in [9.17, 15) is 9.59 Å². The van der Waals surface area contributed by atoms with Gasteiger partial charge in [-0.2, -0.15) is 0 Å². The summed E-state index contributed by atoms with van der Waals surface area (Å²) in [6.45, 7) is 6.40. The molecular weight excluding hydrogens is 418 g/mol. The second kappa shape index (κ2) is 10.2. The molecule has 1 unspecified atom stereocenters. The highest BCUT2D eigenvalue weighted by Gasteiger charge is 2.33. The molecule has 3 fully saturated rings. The van der Waals surface area contributed by atoms with E-state index in [0.29, 0.717) is 48.4 Å². The maximum absolute atomic E-state index is 13.0. The number of hydrogen-bond donors (Lipinski definition) is 0. The molecule has 0 bridgehead atoms. The second-order valence-electron chi connectivity index (χ2n) is 8.67. The zero-order valence-corrected chi connectivity index (χ0v) is 19.0. The molecule has 7 nitrogen and oxygen atoms in total. The van der Waals surface area contributed by atoms with Gasteiger partial charge < -0.3 is 19.3 Å². The number of likely N-dealkylation sites (tertiary alicyclic amines) is 1. The summed E-state index contributed by atoms with van der Waals surface area (Å²) < 4.78 is 11.1. The first-order valence-corrected chi connectivity index (χ1v) is 11.7. The first-order valence-electron chi connectivity index (χ1n) is 11.3. The SMILES string of the molecule is COc1ccc(Cl)cc1C(=O)N1CCC(C(=O)N2CCN(CC3CCCO3)CC2)CC1. The van der Waals surface area contributed by atoms with Crippen molar-refractivity contribution in [2.75, 3.05) is 59.5 Å². The molecule has 0 aromatic heterocycles. The number of piperidine rings is 1. The fraction of sp³-hybridized carbons (Fsp3) is 0.652. The molecule has 1 atom stereocenters. The Morgan fingerprint density at radius 3 is 2.45 bits per heavy atom. The molecule has 0 N–H and O–H groups in total. The van der Waals surface area contributed by atoms with Crippen molar-refractivity contribution in [1.82, 2.24) is 14.7 Å². The third kappa shape index (κ3) is 5.33. The lowest BCUT2D eigenvalue weighted by Crippen LogP contribution is -2.53. The van der Waals surface area contributed by atoms with Crippen LogP contribution in [0.3, 0.4) is 0 Å². The molecule has 31 heavy (non-hydrogen) atoms. The molecule has 3 heterocycles. The minimum absolute atomic E-state index is 0.00461. The molecular formula is C23H32ClN3O4. The lowest BCUT2D eigenvalue weighted by Gasteiger charge is -2.39. The molecule has 170 valence electrons. The Morgan fingerprint density at radius 1 is 1.06 bits per heavy atom. The van der Waals surface area contributed by atoms with Gasteiger partial charge in [0.05, 0.1) is 18.8 Å². The Balaban J connectivity index is 1.25. The number of methoxy groups -OCH3 is 1. The molecule has 4 rings (SSSR count). The van der Waals surface area contributed by atoms with Gasteiger partial charge in [-0.3, -0.25) is 14.5 Å². The number of carbonyl (C=O) groups excluding carboxylic acids is 2. The summed E-state index contributed by atoms with van der Waals surface area (Å²) >= 11 is 6.08. The van der Waals surface area contributed by atoms with Gasteiger partial charge in [-0.1, -0.05) is 11.6 Å². The topological polar surface area (TPSA) is 62.3 Å². The highest BCUT2D eigenvalue weighted by Crippen LogP contribution is 2.27. The van der Waals surface area contributed by atoms with E-state index in [1.165, 1.54) is 0 Å². The predicted octanol–water partition coefficient (Wildman–Crippen LogP) is 2.52. The van der Waals surface area contributed by atoms with Crippen LogP contribution < -0.4 is 4.74 Å². The zero-order valence-electron chi connectivity index (χ0n) is 18.2. The maximum atomic E-state index is 13.0. The van der Waals surface area contributed by atoms with Gasteiger partial charge in [0.1, 0.15) is 5.75 Å². The highest BCUT2D eigenvalue weighted by molar-refractivity contribution is 6.31. The van der Waals surface area contributed by atoms with Gasteiger partial charge in [0.2, 0.25) is 5.91 Å². The van der Waals surface area contributed by atoms with E-state index in [2.05, 4.69) is 4.90 Å². The summed E-state index contributed by atoms with van der Waals surface area (Å²) in [4.78, 5) is 32.2. The van der Waals surface area contributed by atoms with Crippen LogP contribution in [0.25, 0.3) is 0 Å². The van der Waals surface area contributed by atoms with Gasteiger partial charge in [0.25, 0.3) is 5.91 Å². The van der Waals surface area contributed by atoms with Crippen molar-refractivity contribution in [2.24, 2.45) is 5.92 Å². The van der Waals surface area contributed by atoms with Crippen LogP contribution in [0.4, 0.5) is 0 Å². The van der Waals surface area contributed by atoms with Crippen LogP contribution >= 0.6 is 11.6 Å². The van der Waals surface area contributed by atoms with Gasteiger partial charge in [0, 0.05) is 63.4 Å². The quantitative estimate of drug-likeness (QED) is 0.691. The lowest BCUT2D eigenvalue weighted by molar-refractivity contribution is -0.138. The van der Waals surface area contributed by atoms with Crippen molar-refractivity contribution in [3.8, 4) is 5.75 Å². The molecule has 0 spiro atoms. The second-order valence-corrected chi connectivity index (χ2v) is 9.11. The van der Waals surface area contributed by atoms with Crippen molar-refractivity contribution in [2.45, 2.75) is 31.8 Å². The average molecular weight is 450 g/mol. The minimum Gasteiger partial charge on any atom is -0.496 e. The van der Waals surface area contributed by atoms with E-state index < -0.39 is 0 Å². The molecule has 1 aromatic carbocycles. The number of carbonyl (C=O) groups is 2. The number of rotatable bonds is 5. The zero-order chi connectivity index (χ0) is 21.8. The van der Waals surface area contributed by atoms with Gasteiger partial charge >= 0.3 is 0 Å². The Hall–Kier alpha value is -1.83. The van der Waals surface area contributed by atoms with E-state index in [0.717, 1.165) is 52.2 Å². The summed E-state index contributed by atoms with van der Waals surface area (Å²) in [7, 11) is 1.55. The van der Waals surface area contributed by atoms with Gasteiger partial charge in [-0.15, -0.1) is 0 Å². The number of ether oxygens (including phenoxy) is 2. The van der Waals surface area contributed by atoms with Crippen molar-refractivity contribution in [3.63, 3.8) is 0 Å². The van der Waals surface area contributed by atoms with Crippen molar-refractivity contribution >= 4 is 23.4 Å². The Labute approximate surface area is 189 Å². The molecule has 0 aliphatic carbocycles. The van der Waals surface area contributed by atoms with Gasteiger partial charge in [-0.25, -0.2) is 0 Å². The number of piperazine rings is 1. The number of halogens is 1. The summed E-state index contributed by atoms with van der Waals surface area (Å²) in [5.41, 5.74) is 0.474. The average Bonchev–Trinajstić information content (AvgIpc) is 3.32. The van der Waals surface area contributed by atoms with Crippen molar-refractivity contribution in [1.29, 1.82) is 0 Å². The number of amides is 2. The summed E-state index contributed by atoms with van der Waals surface area (Å²) in [5.74, 6) is 0.667. The van der Waals surface area contributed by atoms with Crippen molar-refractivity contribution < 1.29 is 19.1 Å². The van der Waals surface area contributed by atoms with Crippen molar-refractivity contribution in [3.05, 3.63) is 28.8 Å². The molecule has 3 aliphatic heterocycles. The van der Waals surface area contributed by atoms with E-state index >= 15 is 0 Å². The Morgan fingerprint density at radius 2 is 1.81 bits per heavy atom. The fourth-order valence-corrected chi connectivity index (χ4v) is 5.00. The van der Waals surface area contributed by atoms with Crippen LogP contribution in [-0.4, -0.2) is 92.1 Å². The summed E-state index contributed by atoms with van der Waals surface area (Å²) in [6, 6.07) is 5.07. The van der Waals surface area contributed by atoms with Gasteiger partial charge in [-0.05, 0) is 43.9 Å². The number of nitrogens with zero attached hydrogens (tertiary/aromatic N) is 3. The van der Waals surface area contributed by atoms with E-state index in [4.69, 9.17) is 21.1 Å². The normalized spacial score (nSPS) is 23.2. The van der Waals surface area contributed by atoms with E-state index in [-0.39, 0.29) is 17.7 Å². The standard InChI is InChI=1S/C23H32ClN3O4/c1-30-21-5-4-18(24)15-20(21)23(29)26-8-6-17(7-9-26)22(28)27-12-10-25(11-13-27)16-19-3-2-14-31-19/h4-5,15,17,19H,2-3,6-14,16H2,1H3. The van der Waals surface area contributed by atoms with Crippen LogP contribution in [0, 0.1) is 5.92 Å². The molecule has 1 aromatic rings.